The number of amides is 1. The highest BCUT2D eigenvalue weighted by atomic mass is 19.4. The Balaban J connectivity index is 1.39. The minimum Gasteiger partial charge on any atom is -0.333 e. The van der Waals surface area contributed by atoms with Gasteiger partial charge in [-0.05, 0) is 65.9 Å². The Morgan fingerprint density at radius 1 is 1.00 bits per heavy atom. The summed E-state index contributed by atoms with van der Waals surface area (Å²) in [6, 6.07) is 11.1. The third-order valence-electron chi connectivity index (χ3n) is 7.92. The van der Waals surface area contributed by atoms with Crippen molar-refractivity contribution in [3.8, 4) is 16.9 Å². The van der Waals surface area contributed by atoms with Crippen LogP contribution in [0.4, 0.5) is 18.9 Å². The molecule has 0 unspecified atom stereocenters. The fourth-order valence-electron chi connectivity index (χ4n) is 5.95. The number of nitrogens with zero attached hydrogens (tertiary/aromatic N) is 8. The van der Waals surface area contributed by atoms with Crippen molar-refractivity contribution in [3.05, 3.63) is 108 Å². The lowest BCUT2D eigenvalue weighted by atomic mass is 9.88. The van der Waals surface area contributed by atoms with Gasteiger partial charge in [0.25, 0.3) is 5.91 Å². The normalized spacial score (nSPS) is 13.6. The van der Waals surface area contributed by atoms with Crippen molar-refractivity contribution in [2.24, 2.45) is 7.05 Å². The molecule has 222 valence electrons. The van der Waals surface area contributed by atoms with E-state index in [2.05, 4.69) is 15.1 Å². The molecule has 7 rings (SSSR count). The molecule has 0 radical (unpaired) electrons. The second kappa shape index (κ2) is 10.5. The standard InChI is InChI=1S/C32H27F3N8O/c1-3-21-16-25-27(6-8-37-28(25)30(38-21)42-10-4-5-11-42)43-12-7-22-23(26-18-40(2)39-29(26)32(33,34)35)14-20(15-24(22)31(43)44)17-41-13-9-36-19-41/h4-6,8-11,13-16,18-19H,3,7,12,17H2,1-2H3. The van der Waals surface area contributed by atoms with Crippen LogP contribution in [0.5, 0.6) is 0 Å². The second-order valence-corrected chi connectivity index (χ2v) is 10.8. The Labute approximate surface area is 250 Å². The van der Waals surface area contributed by atoms with Gasteiger partial charge in [0.1, 0.15) is 5.52 Å². The monoisotopic (exact) mass is 596 g/mol. The molecule has 1 aliphatic rings. The average Bonchev–Trinajstić information content (AvgIpc) is 3.79. The van der Waals surface area contributed by atoms with Crippen LogP contribution in [0, 0.1) is 0 Å². The number of imidazole rings is 1. The maximum absolute atomic E-state index is 14.4. The number of alkyl halides is 3. The van der Waals surface area contributed by atoms with E-state index in [1.54, 1.807) is 42.0 Å². The Morgan fingerprint density at radius 2 is 1.80 bits per heavy atom. The van der Waals surface area contributed by atoms with Gasteiger partial charge in [0.2, 0.25) is 0 Å². The highest BCUT2D eigenvalue weighted by Crippen LogP contribution is 2.41. The van der Waals surface area contributed by atoms with Crippen LogP contribution in [0.15, 0.2) is 79.9 Å². The van der Waals surface area contributed by atoms with E-state index in [4.69, 9.17) is 4.98 Å². The first-order valence-electron chi connectivity index (χ1n) is 14.2. The fraction of sp³-hybridized carbons (Fsp3) is 0.219. The zero-order chi connectivity index (χ0) is 30.6. The summed E-state index contributed by atoms with van der Waals surface area (Å²) < 4.78 is 47.2. The number of pyridine rings is 2. The van der Waals surface area contributed by atoms with Gasteiger partial charge in [-0.3, -0.25) is 14.5 Å². The van der Waals surface area contributed by atoms with Gasteiger partial charge in [-0.25, -0.2) is 9.97 Å². The number of rotatable bonds is 6. The highest BCUT2D eigenvalue weighted by Gasteiger charge is 2.39. The molecule has 0 spiro atoms. The molecule has 0 atom stereocenters. The van der Waals surface area contributed by atoms with Crippen LogP contribution in [0.2, 0.25) is 0 Å². The Morgan fingerprint density at radius 3 is 2.52 bits per heavy atom. The molecule has 0 saturated heterocycles. The molecule has 9 nitrogen and oxygen atoms in total. The summed E-state index contributed by atoms with van der Waals surface area (Å²) in [5, 5.41) is 4.52. The molecule has 0 fully saturated rings. The smallest absolute Gasteiger partial charge is 0.333 e. The van der Waals surface area contributed by atoms with Gasteiger partial charge in [-0.2, -0.15) is 18.3 Å². The number of anilines is 1. The van der Waals surface area contributed by atoms with Crippen molar-refractivity contribution in [2.75, 3.05) is 11.4 Å². The zero-order valence-corrected chi connectivity index (χ0v) is 24.0. The first kappa shape index (κ1) is 27.6. The Bertz CT molecular complexity index is 2010. The summed E-state index contributed by atoms with van der Waals surface area (Å²) >= 11 is 0. The van der Waals surface area contributed by atoms with Crippen molar-refractivity contribution in [1.82, 2.24) is 33.9 Å². The van der Waals surface area contributed by atoms with E-state index in [0.717, 1.165) is 15.8 Å². The molecule has 0 saturated carbocycles. The summed E-state index contributed by atoms with van der Waals surface area (Å²) in [6.07, 6.45) is 8.23. The maximum atomic E-state index is 14.4. The van der Waals surface area contributed by atoms with Crippen LogP contribution >= 0.6 is 0 Å². The SMILES string of the molecule is CCc1cc2c(N3CCc4c(cc(Cn5ccnc5)cc4-c4cn(C)nc4C(F)(F)F)C3=O)ccnc2c(-n2cccc2)n1. The summed E-state index contributed by atoms with van der Waals surface area (Å²) in [5.74, 6) is 0.375. The number of carbonyl (C=O) groups excluding carboxylic acids is 1. The van der Waals surface area contributed by atoms with E-state index in [9.17, 15) is 18.0 Å². The number of hydrogen-bond acceptors (Lipinski definition) is 5. The Kier molecular flexibility index (Phi) is 6.56. The largest absolute Gasteiger partial charge is 0.435 e. The topological polar surface area (TPSA) is 86.7 Å². The molecule has 1 aliphatic heterocycles. The molecular weight excluding hydrogens is 569 g/mol. The molecule has 1 amide bonds. The van der Waals surface area contributed by atoms with Crippen LogP contribution < -0.4 is 4.90 Å². The quantitative estimate of drug-likeness (QED) is 0.241. The predicted molar refractivity (Wildman–Crippen MR) is 159 cm³/mol. The van der Waals surface area contributed by atoms with Crippen LogP contribution in [0.25, 0.3) is 27.8 Å². The van der Waals surface area contributed by atoms with Crippen molar-refractivity contribution in [1.29, 1.82) is 0 Å². The molecule has 6 heterocycles. The Hall–Kier alpha value is -5.26. The van der Waals surface area contributed by atoms with Crippen LogP contribution in [-0.2, 0) is 32.6 Å². The van der Waals surface area contributed by atoms with E-state index in [0.29, 0.717) is 58.7 Å². The van der Waals surface area contributed by atoms with Gasteiger partial charge in [0, 0.05) is 79.5 Å². The average molecular weight is 597 g/mol. The van der Waals surface area contributed by atoms with Crippen molar-refractivity contribution in [2.45, 2.75) is 32.5 Å². The first-order chi connectivity index (χ1) is 21.2. The lowest BCUT2D eigenvalue weighted by Gasteiger charge is -2.31. The van der Waals surface area contributed by atoms with E-state index in [-0.39, 0.29) is 18.0 Å². The van der Waals surface area contributed by atoms with Crippen molar-refractivity contribution >= 4 is 22.5 Å². The van der Waals surface area contributed by atoms with Crippen LogP contribution in [0.1, 0.15) is 39.8 Å². The van der Waals surface area contributed by atoms with Gasteiger partial charge < -0.3 is 14.0 Å². The third-order valence-corrected chi connectivity index (χ3v) is 7.92. The van der Waals surface area contributed by atoms with Gasteiger partial charge in [0.05, 0.1) is 12.0 Å². The summed E-state index contributed by atoms with van der Waals surface area (Å²) in [4.78, 5) is 29.6. The molecule has 0 bridgehead atoms. The van der Waals surface area contributed by atoms with Crippen LogP contribution in [0.3, 0.4) is 0 Å². The van der Waals surface area contributed by atoms with Crippen molar-refractivity contribution < 1.29 is 18.0 Å². The number of fused-ring (bicyclic) bond motifs is 2. The molecule has 1 aromatic carbocycles. The van der Waals surface area contributed by atoms with Crippen molar-refractivity contribution in [3.63, 3.8) is 0 Å². The number of hydrogen-bond donors (Lipinski definition) is 0. The van der Waals surface area contributed by atoms with Gasteiger partial charge in [-0.15, -0.1) is 0 Å². The van der Waals surface area contributed by atoms with E-state index >= 15 is 0 Å². The summed E-state index contributed by atoms with van der Waals surface area (Å²) in [7, 11) is 1.46. The van der Waals surface area contributed by atoms with Gasteiger partial charge in [0.15, 0.2) is 11.5 Å². The summed E-state index contributed by atoms with van der Waals surface area (Å²) in [6.45, 7) is 2.63. The lowest BCUT2D eigenvalue weighted by molar-refractivity contribution is -0.140. The first-order valence-corrected chi connectivity index (χ1v) is 14.2. The molecule has 5 aromatic heterocycles. The third kappa shape index (κ3) is 4.72. The number of aryl methyl sites for hydroxylation is 2. The molecule has 12 heteroatoms. The lowest BCUT2D eigenvalue weighted by Crippen LogP contribution is -2.38. The number of benzene rings is 1. The van der Waals surface area contributed by atoms with Gasteiger partial charge in [-0.1, -0.05) is 6.92 Å². The minimum absolute atomic E-state index is 0.0469. The summed E-state index contributed by atoms with van der Waals surface area (Å²) in [5.41, 5.74) is 3.12. The highest BCUT2D eigenvalue weighted by molar-refractivity contribution is 6.13. The number of aromatic nitrogens is 7. The molecular formula is C32H27F3N8O. The van der Waals surface area contributed by atoms with Crippen LogP contribution in [-0.4, -0.2) is 46.3 Å². The zero-order valence-electron chi connectivity index (χ0n) is 24.0. The second-order valence-electron chi connectivity index (χ2n) is 10.8. The van der Waals surface area contributed by atoms with E-state index in [1.165, 1.54) is 13.2 Å². The molecule has 44 heavy (non-hydrogen) atoms. The van der Waals surface area contributed by atoms with E-state index in [1.807, 2.05) is 52.7 Å². The number of halogens is 3. The minimum atomic E-state index is -4.66. The molecule has 0 N–H and O–H groups in total. The number of carbonyl (C=O) groups is 1. The van der Waals surface area contributed by atoms with Gasteiger partial charge >= 0.3 is 6.18 Å². The van der Waals surface area contributed by atoms with E-state index < -0.39 is 11.9 Å². The predicted octanol–water partition coefficient (Wildman–Crippen LogP) is 5.85. The fourth-order valence-corrected chi connectivity index (χ4v) is 5.95. The molecule has 6 aromatic rings. The maximum Gasteiger partial charge on any atom is 0.435 e. The molecule has 0 aliphatic carbocycles.